The molecule has 0 N–H and O–H groups in total. The van der Waals surface area contributed by atoms with Gasteiger partial charge in [-0.25, -0.2) is 4.39 Å². The molecular formula is C13H10BrClFNO. The lowest BCUT2D eigenvalue weighted by Crippen LogP contribution is -1.98. The van der Waals surface area contributed by atoms with Crippen LogP contribution in [0.3, 0.4) is 0 Å². The Morgan fingerprint density at radius 3 is 2.72 bits per heavy atom. The number of pyridine rings is 1. The average molecular weight is 331 g/mol. The number of alkyl halides is 1. The first-order chi connectivity index (χ1) is 8.69. The van der Waals surface area contributed by atoms with Crippen LogP contribution in [0.25, 0.3) is 0 Å². The molecule has 94 valence electrons. The van der Waals surface area contributed by atoms with Gasteiger partial charge in [-0.1, -0.05) is 6.07 Å². The van der Waals surface area contributed by atoms with Gasteiger partial charge in [0.05, 0.1) is 0 Å². The van der Waals surface area contributed by atoms with Crippen LogP contribution < -0.4 is 4.74 Å². The molecule has 0 aliphatic carbocycles. The van der Waals surface area contributed by atoms with Gasteiger partial charge in [0.15, 0.2) is 11.6 Å². The molecule has 0 atom stereocenters. The summed E-state index contributed by atoms with van der Waals surface area (Å²) in [6, 6.07) is 6.57. The van der Waals surface area contributed by atoms with Gasteiger partial charge in [-0.15, -0.1) is 11.6 Å². The smallest absolute Gasteiger partial charge is 0.165 e. The van der Waals surface area contributed by atoms with E-state index in [0.717, 1.165) is 15.6 Å². The lowest BCUT2D eigenvalue weighted by Gasteiger charge is -2.08. The largest absolute Gasteiger partial charge is 0.486 e. The Kier molecular flexibility index (Phi) is 4.55. The molecule has 0 unspecified atom stereocenters. The number of hydrogen-bond donors (Lipinski definition) is 0. The first kappa shape index (κ1) is 13.3. The van der Waals surface area contributed by atoms with Gasteiger partial charge in [-0.05, 0) is 39.7 Å². The van der Waals surface area contributed by atoms with Crippen molar-refractivity contribution in [3.63, 3.8) is 0 Å². The Bertz CT molecular complexity index is 550. The molecule has 2 aromatic rings. The minimum atomic E-state index is -0.406. The summed E-state index contributed by atoms with van der Waals surface area (Å²) >= 11 is 8.94. The van der Waals surface area contributed by atoms with Crippen LogP contribution in [0.2, 0.25) is 0 Å². The molecule has 1 heterocycles. The third-order valence-corrected chi connectivity index (χ3v) is 3.05. The SMILES string of the molecule is Fc1cc(CCl)ccc1OCc1cncc(Br)c1. The van der Waals surface area contributed by atoms with Crippen molar-refractivity contribution in [2.75, 3.05) is 0 Å². The Morgan fingerprint density at radius 2 is 2.06 bits per heavy atom. The van der Waals surface area contributed by atoms with Gasteiger partial charge in [0.25, 0.3) is 0 Å². The van der Waals surface area contributed by atoms with Crippen molar-refractivity contribution in [3.05, 3.63) is 58.1 Å². The zero-order valence-corrected chi connectivity index (χ0v) is 11.7. The van der Waals surface area contributed by atoms with E-state index in [1.54, 1.807) is 24.5 Å². The third-order valence-electron chi connectivity index (χ3n) is 2.31. The molecule has 1 aromatic heterocycles. The van der Waals surface area contributed by atoms with E-state index < -0.39 is 5.82 Å². The van der Waals surface area contributed by atoms with Crippen LogP contribution in [0.1, 0.15) is 11.1 Å². The van der Waals surface area contributed by atoms with Crippen LogP contribution in [0, 0.1) is 5.82 Å². The Hall–Kier alpha value is -1.13. The molecule has 0 radical (unpaired) electrons. The lowest BCUT2D eigenvalue weighted by molar-refractivity contribution is 0.289. The van der Waals surface area contributed by atoms with E-state index >= 15 is 0 Å². The molecule has 0 aliphatic rings. The summed E-state index contributed by atoms with van der Waals surface area (Å²) in [6.07, 6.45) is 3.36. The Morgan fingerprint density at radius 1 is 1.22 bits per heavy atom. The van der Waals surface area contributed by atoms with Crippen molar-refractivity contribution >= 4 is 27.5 Å². The van der Waals surface area contributed by atoms with Crippen LogP contribution in [0.5, 0.6) is 5.75 Å². The van der Waals surface area contributed by atoms with Crippen molar-refractivity contribution in [3.8, 4) is 5.75 Å². The summed E-state index contributed by atoms with van der Waals surface area (Å²) < 4.78 is 19.9. The number of ether oxygens (including phenoxy) is 1. The number of rotatable bonds is 4. The molecule has 0 amide bonds. The van der Waals surface area contributed by atoms with Crippen molar-refractivity contribution in [1.82, 2.24) is 4.98 Å². The van der Waals surface area contributed by atoms with Crippen LogP contribution in [0.4, 0.5) is 4.39 Å². The van der Waals surface area contributed by atoms with E-state index in [9.17, 15) is 4.39 Å². The second-order valence-electron chi connectivity index (χ2n) is 3.70. The van der Waals surface area contributed by atoms with E-state index in [2.05, 4.69) is 20.9 Å². The molecule has 0 saturated carbocycles. The molecule has 5 heteroatoms. The van der Waals surface area contributed by atoms with E-state index in [0.29, 0.717) is 0 Å². The predicted octanol–water partition coefficient (Wildman–Crippen LogP) is 4.30. The second kappa shape index (κ2) is 6.16. The first-order valence-corrected chi connectivity index (χ1v) is 6.58. The Labute approximate surface area is 118 Å². The van der Waals surface area contributed by atoms with Gasteiger partial charge in [0.2, 0.25) is 0 Å². The fraction of sp³-hybridized carbons (Fsp3) is 0.154. The van der Waals surface area contributed by atoms with Crippen LogP contribution in [-0.4, -0.2) is 4.98 Å². The van der Waals surface area contributed by atoms with E-state index in [4.69, 9.17) is 16.3 Å². The van der Waals surface area contributed by atoms with Gasteiger partial charge in [0, 0.05) is 28.3 Å². The molecule has 18 heavy (non-hydrogen) atoms. The molecular weight excluding hydrogens is 321 g/mol. The maximum absolute atomic E-state index is 13.6. The number of benzene rings is 1. The first-order valence-electron chi connectivity index (χ1n) is 5.25. The number of hydrogen-bond acceptors (Lipinski definition) is 2. The molecule has 2 nitrogen and oxygen atoms in total. The monoisotopic (exact) mass is 329 g/mol. The minimum Gasteiger partial charge on any atom is -0.486 e. The molecule has 1 aromatic carbocycles. The molecule has 0 aliphatic heterocycles. The van der Waals surface area contributed by atoms with Gasteiger partial charge < -0.3 is 4.74 Å². The van der Waals surface area contributed by atoms with Crippen molar-refractivity contribution in [1.29, 1.82) is 0 Å². The summed E-state index contributed by atoms with van der Waals surface area (Å²) in [5.41, 5.74) is 1.59. The molecule has 0 fully saturated rings. The van der Waals surface area contributed by atoms with Crippen LogP contribution in [0.15, 0.2) is 41.1 Å². The normalized spacial score (nSPS) is 10.4. The highest BCUT2D eigenvalue weighted by atomic mass is 79.9. The third kappa shape index (κ3) is 3.43. The highest BCUT2D eigenvalue weighted by Crippen LogP contribution is 2.21. The van der Waals surface area contributed by atoms with Crippen molar-refractivity contribution < 1.29 is 9.13 Å². The van der Waals surface area contributed by atoms with Gasteiger partial charge in [0.1, 0.15) is 6.61 Å². The van der Waals surface area contributed by atoms with Crippen molar-refractivity contribution in [2.24, 2.45) is 0 Å². The number of nitrogens with zero attached hydrogens (tertiary/aromatic N) is 1. The number of aromatic nitrogens is 1. The summed E-state index contributed by atoms with van der Waals surface area (Å²) in [5, 5.41) is 0. The van der Waals surface area contributed by atoms with E-state index in [1.807, 2.05) is 6.07 Å². The maximum Gasteiger partial charge on any atom is 0.165 e. The zero-order valence-electron chi connectivity index (χ0n) is 9.37. The highest BCUT2D eigenvalue weighted by Gasteiger charge is 2.05. The second-order valence-corrected chi connectivity index (χ2v) is 4.88. The van der Waals surface area contributed by atoms with Gasteiger partial charge >= 0.3 is 0 Å². The fourth-order valence-electron chi connectivity index (χ4n) is 1.44. The standard InChI is InChI=1S/C13H10BrClFNO/c14-11-3-10(6-17-7-11)8-18-13-2-1-9(5-15)4-12(13)16/h1-4,6-7H,5,8H2. The highest BCUT2D eigenvalue weighted by molar-refractivity contribution is 9.10. The van der Waals surface area contributed by atoms with Gasteiger partial charge in [-0.2, -0.15) is 0 Å². The minimum absolute atomic E-state index is 0.212. The maximum atomic E-state index is 13.6. The van der Waals surface area contributed by atoms with Gasteiger partial charge in [-0.3, -0.25) is 4.98 Å². The molecule has 0 bridgehead atoms. The van der Waals surface area contributed by atoms with E-state index in [-0.39, 0.29) is 18.2 Å². The zero-order chi connectivity index (χ0) is 13.0. The number of halogens is 3. The molecule has 2 rings (SSSR count). The topological polar surface area (TPSA) is 22.1 Å². The summed E-state index contributed by atoms with van der Waals surface area (Å²) in [5.74, 6) is 0.0900. The lowest BCUT2D eigenvalue weighted by atomic mass is 10.2. The van der Waals surface area contributed by atoms with Crippen molar-refractivity contribution in [2.45, 2.75) is 12.5 Å². The fourth-order valence-corrected chi connectivity index (χ4v) is 2.02. The predicted molar refractivity (Wildman–Crippen MR) is 72.2 cm³/mol. The average Bonchev–Trinajstić information content (AvgIpc) is 2.37. The van der Waals surface area contributed by atoms with E-state index in [1.165, 1.54) is 6.07 Å². The summed E-state index contributed by atoms with van der Waals surface area (Å²) in [6.45, 7) is 0.267. The van der Waals surface area contributed by atoms with Crippen LogP contribution in [-0.2, 0) is 12.5 Å². The summed E-state index contributed by atoms with van der Waals surface area (Å²) in [7, 11) is 0. The molecule has 0 saturated heterocycles. The Balaban J connectivity index is 2.06. The van der Waals surface area contributed by atoms with Crippen LogP contribution >= 0.6 is 27.5 Å². The summed E-state index contributed by atoms with van der Waals surface area (Å²) in [4.78, 5) is 4.01. The molecule has 0 spiro atoms. The quantitative estimate of drug-likeness (QED) is 0.780.